The topological polar surface area (TPSA) is 44.9 Å². The number of H-pyrrole nitrogens is 1. The first kappa shape index (κ1) is 14.3. The molecule has 1 heterocycles. The van der Waals surface area contributed by atoms with E-state index in [1.165, 1.54) is 6.07 Å². The standard InChI is InChI=1S/C17H14F2N2O/c18-14-7-6-12(9-15(14)19)21-17(22)8-5-11-10-20-16-4-2-1-3-13(11)16/h1-4,6-7,9-10,20H,5,8H2,(H,21,22). The normalized spacial score (nSPS) is 10.8. The molecule has 0 saturated carbocycles. The molecule has 0 fully saturated rings. The van der Waals surface area contributed by atoms with Gasteiger partial charge in [0.2, 0.25) is 5.91 Å². The number of fused-ring (bicyclic) bond motifs is 1. The molecule has 0 radical (unpaired) electrons. The van der Waals surface area contributed by atoms with Crippen LogP contribution in [0.25, 0.3) is 10.9 Å². The second kappa shape index (κ2) is 5.97. The highest BCUT2D eigenvalue weighted by Crippen LogP contribution is 2.19. The number of hydrogen-bond acceptors (Lipinski definition) is 1. The number of amides is 1. The van der Waals surface area contributed by atoms with E-state index < -0.39 is 11.6 Å². The molecule has 3 nitrogen and oxygen atoms in total. The van der Waals surface area contributed by atoms with Crippen LogP contribution < -0.4 is 5.32 Å². The van der Waals surface area contributed by atoms with E-state index >= 15 is 0 Å². The second-order valence-electron chi connectivity index (χ2n) is 5.04. The van der Waals surface area contributed by atoms with E-state index in [-0.39, 0.29) is 18.0 Å². The largest absolute Gasteiger partial charge is 0.361 e. The van der Waals surface area contributed by atoms with Gasteiger partial charge in [0.15, 0.2) is 11.6 Å². The Balaban J connectivity index is 1.63. The fourth-order valence-electron chi connectivity index (χ4n) is 2.38. The van der Waals surface area contributed by atoms with Gasteiger partial charge in [0.05, 0.1) is 0 Å². The molecule has 0 bridgehead atoms. The number of hydrogen-bond donors (Lipinski definition) is 2. The molecule has 0 aliphatic carbocycles. The van der Waals surface area contributed by atoms with Crippen LogP contribution in [0.4, 0.5) is 14.5 Å². The number of aromatic amines is 1. The lowest BCUT2D eigenvalue weighted by Crippen LogP contribution is -2.12. The maximum atomic E-state index is 13.1. The lowest BCUT2D eigenvalue weighted by Gasteiger charge is -2.05. The van der Waals surface area contributed by atoms with E-state index in [0.717, 1.165) is 28.6 Å². The number of aromatic nitrogens is 1. The highest BCUT2D eigenvalue weighted by molar-refractivity contribution is 5.91. The molecule has 0 aliphatic rings. The predicted molar refractivity (Wildman–Crippen MR) is 81.6 cm³/mol. The number of aryl methyl sites for hydroxylation is 1. The Kier molecular flexibility index (Phi) is 3.87. The van der Waals surface area contributed by atoms with Gasteiger partial charge in [-0.05, 0) is 30.2 Å². The summed E-state index contributed by atoms with van der Waals surface area (Å²) >= 11 is 0. The van der Waals surface area contributed by atoms with Crippen LogP contribution in [0.3, 0.4) is 0 Å². The Labute approximate surface area is 126 Å². The van der Waals surface area contributed by atoms with E-state index in [1.54, 1.807) is 0 Å². The molecule has 1 aromatic heterocycles. The Bertz CT molecular complexity index is 826. The summed E-state index contributed by atoms with van der Waals surface area (Å²) in [4.78, 5) is 15.1. The Morgan fingerprint density at radius 2 is 1.91 bits per heavy atom. The summed E-state index contributed by atoms with van der Waals surface area (Å²) in [5, 5.41) is 3.65. The molecular weight excluding hydrogens is 286 g/mol. The monoisotopic (exact) mass is 300 g/mol. The summed E-state index contributed by atoms with van der Waals surface area (Å²) in [6.07, 6.45) is 2.72. The van der Waals surface area contributed by atoms with Crippen LogP contribution in [0.5, 0.6) is 0 Å². The van der Waals surface area contributed by atoms with Gasteiger partial charge in [-0.1, -0.05) is 18.2 Å². The van der Waals surface area contributed by atoms with Crippen molar-refractivity contribution in [2.24, 2.45) is 0 Å². The maximum absolute atomic E-state index is 13.1. The summed E-state index contributed by atoms with van der Waals surface area (Å²) in [5.41, 5.74) is 2.33. The smallest absolute Gasteiger partial charge is 0.224 e. The highest BCUT2D eigenvalue weighted by atomic mass is 19.2. The van der Waals surface area contributed by atoms with Crippen molar-refractivity contribution in [2.45, 2.75) is 12.8 Å². The van der Waals surface area contributed by atoms with Gasteiger partial charge in [-0.25, -0.2) is 8.78 Å². The van der Waals surface area contributed by atoms with Crippen molar-refractivity contribution >= 4 is 22.5 Å². The number of rotatable bonds is 4. The zero-order valence-corrected chi connectivity index (χ0v) is 11.7. The fourth-order valence-corrected chi connectivity index (χ4v) is 2.38. The van der Waals surface area contributed by atoms with Gasteiger partial charge in [0.25, 0.3) is 0 Å². The van der Waals surface area contributed by atoms with E-state index in [2.05, 4.69) is 10.3 Å². The minimum atomic E-state index is -0.977. The first-order valence-corrected chi connectivity index (χ1v) is 6.93. The molecule has 0 saturated heterocycles. The molecule has 2 aromatic carbocycles. The van der Waals surface area contributed by atoms with Crippen molar-refractivity contribution in [2.75, 3.05) is 5.32 Å². The zero-order valence-electron chi connectivity index (χ0n) is 11.7. The van der Waals surface area contributed by atoms with E-state index in [9.17, 15) is 13.6 Å². The minimum Gasteiger partial charge on any atom is -0.361 e. The van der Waals surface area contributed by atoms with E-state index in [1.807, 2.05) is 30.5 Å². The van der Waals surface area contributed by atoms with Crippen molar-refractivity contribution < 1.29 is 13.6 Å². The predicted octanol–water partition coefficient (Wildman–Crippen LogP) is 4.02. The Hall–Kier alpha value is -2.69. The van der Waals surface area contributed by atoms with Crippen LogP contribution >= 0.6 is 0 Å². The lowest BCUT2D eigenvalue weighted by molar-refractivity contribution is -0.116. The summed E-state index contributed by atoms with van der Waals surface area (Å²) < 4.78 is 25.9. The summed E-state index contributed by atoms with van der Waals surface area (Å²) in [6.45, 7) is 0. The number of nitrogens with one attached hydrogen (secondary N) is 2. The van der Waals surface area contributed by atoms with Gasteiger partial charge < -0.3 is 10.3 Å². The number of para-hydroxylation sites is 1. The van der Waals surface area contributed by atoms with Crippen LogP contribution in [-0.4, -0.2) is 10.9 Å². The van der Waals surface area contributed by atoms with Crippen molar-refractivity contribution in [3.05, 3.63) is 65.9 Å². The molecule has 3 rings (SSSR count). The number of halogens is 2. The number of carbonyl (C=O) groups is 1. The van der Waals surface area contributed by atoms with Crippen molar-refractivity contribution in [3.63, 3.8) is 0 Å². The number of anilines is 1. The van der Waals surface area contributed by atoms with Crippen LogP contribution in [0, 0.1) is 11.6 Å². The summed E-state index contributed by atoms with van der Waals surface area (Å²) in [6, 6.07) is 11.2. The average molecular weight is 300 g/mol. The van der Waals surface area contributed by atoms with Crippen molar-refractivity contribution in [1.82, 2.24) is 4.98 Å². The van der Waals surface area contributed by atoms with Crippen LogP contribution in [0.2, 0.25) is 0 Å². The molecule has 3 aromatic rings. The molecule has 0 aliphatic heterocycles. The fraction of sp³-hybridized carbons (Fsp3) is 0.118. The Morgan fingerprint density at radius 3 is 2.73 bits per heavy atom. The summed E-state index contributed by atoms with van der Waals surface area (Å²) in [5.74, 6) is -2.15. The molecule has 1 amide bonds. The first-order chi connectivity index (χ1) is 10.6. The first-order valence-electron chi connectivity index (χ1n) is 6.93. The van der Waals surface area contributed by atoms with Gasteiger partial charge in [0, 0.05) is 35.3 Å². The van der Waals surface area contributed by atoms with Gasteiger partial charge in [-0.2, -0.15) is 0 Å². The summed E-state index contributed by atoms with van der Waals surface area (Å²) in [7, 11) is 0. The van der Waals surface area contributed by atoms with Crippen LogP contribution in [0.15, 0.2) is 48.7 Å². The third-order valence-corrected chi connectivity index (χ3v) is 3.50. The van der Waals surface area contributed by atoms with Gasteiger partial charge in [-0.15, -0.1) is 0 Å². The molecule has 22 heavy (non-hydrogen) atoms. The molecule has 112 valence electrons. The average Bonchev–Trinajstić information content (AvgIpc) is 2.92. The molecular formula is C17H14F2N2O. The Morgan fingerprint density at radius 1 is 1.09 bits per heavy atom. The van der Waals surface area contributed by atoms with Crippen LogP contribution in [-0.2, 0) is 11.2 Å². The third-order valence-electron chi connectivity index (χ3n) is 3.50. The SMILES string of the molecule is O=C(CCc1c[nH]c2ccccc12)Nc1ccc(F)c(F)c1. The van der Waals surface area contributed by atoms with Crippen LogP contribution in [0.1, 0.15) is 12.0 Å². The molecule has 2 N–H and O–H groups in total. The quantitative estimate of drug-likeness (QED) is 0.751. The maximum Gasteiger partial charge on any atom is 0.224 e. The molecule has 5 heteroatoms. The lowest BCUT2D eigenvalue weighted by atomic mass is 10.1. The highest BCUT2D eigenvalue weighted by Gasteiger charge is 2.08. The second-order valence-corrected chi connectivity index (χ2v) is 5.04. The van der Waals surface area contributed by atoms with Crippen molar-refractivity contribution in [3.8, 4) is 0 Å². The minimum absolute atomic E-state index is 0.240. The van der Waals surface area contributed by atoms with E-state index in [0.29, 0.717) is 6.42 Å². The zero-order chi connectivity index (χ0) is 15.5. The van der Waals surface area contributed by atoms with Crippen molar-refractivity contribution in [1.29, 1.82) is 0 Å². The molecule has 0 spiro atoms. The third kappa shape index (κ3) is 2.98. The van der Waals surface area contributed by atoms with E-state index in [4.69, 9.17) is 0 Å². The number of benzene rings is 2. The van der Waals surface area contributed by atoms with Gasteiger partial charge >= 0.3 is 0 Å². The van der Waals surface area contributed by atoms with Gasteiger partial charge in [-0.3, -0.25) is 4.79 Å². The van der Waals surface area contributed by atoms with Gasteiger partial charge in [0.1, 0.15) is 0 Å². The molecule has 0 unspecified atom stereocenters. The molecule has 0 atom stereocenters. The number of carbonyl (C=O) groups excluding carboxylic acids is 1.